The number of hydrogen-bond donors (Lipinski definition) is 3. The van der Waals surface area contributed by atoms with Gasteiger partial charge in [-0.3, -0.25) is 0 Å². The molecular weight excluding hydrogens is 155 g/mol. The first-order valence-corrected chi connectivity index (χ1v) is 3.37. The number of aliphatic hydroxyl groups excluding tert-OH is 3. The van der Waals surface area contributed by atoms with E-state index in [9.17, 15) is 4.39 Å². The Hall–Kier alpha value is -0.230. The van der Waals surface area contributed by atoms with Crippen LogP contribution in [0.25, 0.3) is 0 Å². The third-order valence-electron chi connectivity index (χ3n) is 1.79. The minimum absolute atomic E-state index is 0.789. The first-order chi connectivity index (χ1) is 5.04. The van der Waals surface area contributed by atoms with Gasteiger partial charge in [0.15, 0.2) is 0 Å². The number of hydrogen-bond acceptors (Lipinski definition) is 4. The van der Waals surface area contributed by atoms with Crippen molar-refractivity contribution in [3.05, 3.63) is 0 Å². The van der Waals surface area contributed by atoms with Crippen molar-refractivity contribution >= 4 is 0 Å². The summed E-state index contributed by atoms with van der Waals surface area (Å²) >= 11 is 0. The average Bonchev–Trinajstić information content (AvgIpc) is 1.97. The van der Waals surface area contributed by atoms with Crippen molar-refractivity contribution in [1.82, 2.24) is 0 Å². The maximum Gasteiger partial charge on any atom is 0.228 e. The fourth-order valence-corrected chi connectivity index (χ4v) is 1.00. The Kier molecular flexibility index (Phi) is 2.43. The summed E-state index contributed by atoms with van der Waals surface area (Å²) in [5.74, 6) is 0. The zero-order valence-electron chi connectivity index (χ0n) is 6.01. The third-order valence-corrected chi connectivity index (χ3v) is 1.79. The van der Waals surface area contributed by atoms with Gasteiger partial charge < -0.3 is 20.1 Å². The van der Waals surface area contributed by atoms with E-state index in [2.05, 4.69) is 4.74 Å². The highest BCUT2D eigenvalue weighted by molar-refractivity contribution is 4.86. The van der Waals surface area contributed by atoms with E-state index in [0.29, 0.717) is 0 Å². The van der Waals surface area contributed by atoms with Crippen LogP contribution < -0.4 is 0 Å². The van der Waals surface area contributed by atoms with Crippen LogP contribution in [-0.4, -0.2) is 46.1 Å². The Labute approximate surface area is 63.2 Å². The molecule has 1 rings (SSSR count). The highest BCUT2D eigenvalue weighted by Gasteiger charge is 2.41. The molecule has 0 aromatic heterocycles. The first kappa shape index (κ1) is 8.86. The van der Waals surface area contributed by atoms with Gasteiger partial charge >= 0.3 is 0 Å². The van der Waals surface area contributed by atoms with Crippen molar-refractivity contribution in [2.45, 2.75) is 37.7 Å². The Morgan fingerprint density at radius 2 is 1.64 bits per heavy atom. The molecule has 0 amide bonds. The largest absolute Gasteiger partial charge is 0.388 e. The minimum atomic E-state index is -1.91. The molecule has 5 heteroatoms. The second kappa shape index (κ2) is 3.02. The second-order valence-electron chi connectivity index (χ2n) is 2.66. The summed E-state index contributed by atoms with van der Waals surface area (Å²) in [4.78, 5) is 0. The Morgan fingerprint density at radius 3 is 2.18 bits per heavy atom. The summed E-state index contributed by atoms with van der Waals surface area (Å²) in [7, 11) is 0. The molecule has 0 aromatic carbocycles. The monoisotopic (exact) mass is 166 g/mol. The zero-order valence-corrected chi connectivity index (χ0v) is 6.01. The van der Waals surface area contributed by atoms with E-state index >= 15 is 0 Å². The molecule has 0 bridgehead atoms. The van der Waals surface area contributed by atoms with Crippen LogP contribution in [0.4, 0.5) is 4.39 Å². The molecule has 1 heterocycles. The van der Waals surface area contributed by atoms with Gasteiger partial charge in [0.05, 0.1) is 6.10 Å². The van der Waals surface area contributed by atoms with Crippen LogP contribution >= 0.6 is 0 Å². The maximum absolute atomic E-state index is 12.5. The molecule has 1 aliphatic rings. The van der Waals surface area contributed by atoms with Crippen molar-refractivity contribution in [3.8, 4) is 0 Å². The van der Waals surface area contributed by atoms with Crippen molar-refractivity contribution in [2.24, 2.45) is 0 Å². The van der Waals surface area contributed by atoms with Gasteiger partial charge in [0.2, 0.25) is 6.36 Å². The fourth-order valence-electron chi connectivity index (χ4n) is 1.00. The number of aliphatic hydroxyl groups is 3. The van der Waals surface area contributed by atoms with Crippen molar-refractivity contribution < 1.29 is 24.4 Å². The van der Waals surface area contributed by atoms with Gasteiger partial charge in [0.25, 0.3) is 0 Å². The third kappa shape index (κ3) is 1.51. The highest BCUT2D eigenvalue weighted by atomic mass is 19.1. The minimum Gasteiger partial charge on any atom is -0.388 e. The van der Waals surface area contributed by atoms with Crippen LogP contribution in [0.15, 0.2) is 0 Å². The molecule has 0 spiro atoms. The predicted octanol–water partition coefficient (Wildman–Crippen LogP) is -1.22. The van der Waals surface area contributed by atoms with E-state index in [-0.39, 0.29) is 0 Å². The maximum atomic E-state index is 12.5. The van der Waals surface area contributed by atoms with Crippen LogP contribution in [0, 0.1) is 0 Å². The molecule has 0 saturated carbocycles. The molecule has 3 N–H and O–H groups in total. The molecule has 0 radical (unpaired) electrons. The van der Waals surface area contributed by atoms with Gasteiger partial charge in [0.1, 0.15) is 18.3 Å². The lowest BCUT2D eigenvalue weighted by atomic mass is 10.0. The van der Waals surface area contributed by atoms with E-state index < -0.39 is 30.8 Å². The van der Waals surface area contributed by atoms with E-state index in [1.165, 1.54) is 6.92 Å². The van der Waals surface area contributed by atoms with Crippen molar-refractivity contribution in [3.63, 3.8) is 0 Å². The molecule has 5 unspecified atom stereocenters. The molecule has 1 saturated heterocycles. The molecule has 1 aliphatic heterocycles. The van der Waals surface area contributed by atoms with Gasteiger partial charge in [-0.1, -0.05) is 0 Å². The zero-order chi connectivity index (χ0) is 8.59. The van der Waals surface area contributed by atoms with Crippen LogP contribution in [0.3, 0.4) is 0 Å². The lowest BCUT2D eigenvalue weighted by molar-refractivity contribution is -0.252. The van der Waals surface area contributed by atoms with E-state index in [1.54, 1.807) is 0 Å². The summed E-state index contributed by atoms with van der Waals surface area (Å²) < 4.78 is 17.0. The standard InChI is InChI=1S/C6H11FO4/c1-2-3(8)4(9)5(10)6(7)11-2/h2-6,8-10H,1H3. The topological polar surface area (TPSA) is 69.9 Å². The summed E-state index contributed by atoms with van der Waals surface area (Å²) in [6.07, 6.45) is -7.04. The van der Waals surface area contributed by atoms with Crippen LogP contribution in [0.1, 0.15) is 6.92 Å². The number of ether oxygens (including phenoxy) is 1. The Morgan fingerprint density at radius 1 is 1.09 bits per heavy atom. The molecule has 11 heavy (non-hydrogen) atoms. The fraction of sp³-hybridized carbons (Fsp3) is 1.00. The number of rotatable bonds is 0. The molecule has 0 aliphatic carbocycles. The van der Waals surface area contributed by atoms with Crippen LogP contribution in [0.5, 0.6) is 0 Å². The quantitative estimate of drug-likeness (QED) is 0.422. The van der Waals surface area contributed by atoms with Gasteiger partial charge in [-0.25, -0.2) is 4.39 Å². The van der Waals surface area contributed by atoms with E-state index in [4.69, 9.17) is 15.3 Å². The average molecular weight is 166 g/mol. The van der Waals surface area contributed by atoms with Gasteiger partial charge in [0, 0.05) is 0 Å². The summed E-state index contributed by atoms with van der Waals surface area (Å²) in [5.41, 5.74) is 0. The summed E-state index contributed by atoms with van der Waals surface area (Å²) in [6.45, 7) is 1.42. The molecule has 0 aromatic rings. The second-order valence-corrected chi connectivity index (χ2v) is 2.66. The van der Waals surface area contributed by atoms with Crippen LogP contribution in [0.2, 0.25) is 0 Å². The molecule has 66 valence electrons. The molecule has 5 atom stereocenters. The predicted molar refractivity (Wildman–Crippen MR) is 33.5 cm³/mol. The van der Waals surface area contributed by atoms with Crippen LogP contribution in [-0.2, 0) is 4.74 Å². The Balaban J connectivity index is 2.63. The smallest absolute Gasteiger partial charge is 0.228 e. The Bertz CT molecular complexity index is 129. The summed E-state index contributed by atoms with van der Waals surface area (Å²) in [6, 6.07) is 0. The molecular formula is C6H11FO4. The first-order valence-electron chi connectivity index (χ1n) is 3.37. The molecule has 1 fully saturated rings. The number of alkyl halides is 1. The van der Waals surface area contributed by atoms with Gasteiger partial charge in [-0.15, -0.1) is 0 Å². The van der Waals surface area contributed by atoms with E-state index in [1.807, 2.05) is 0 Å². The van der Waals surface area contributed by atoms with Gasteiger partial charge in [-0.05, 0) is 6.92 Å². The lowest BCUT2D eigenvalue weighted by Crippen LogP contribution is -2.55. The normalized spacial score (nSPS) is 52.6. The highest BCUT2D eigenvalue weighted by Crippen LogP contribution is 2.21. The van der Waals surface area contributed by atoms with Crippen molar-refractivity contribution in [1.29, 1.82) is 0 Å². The van der Waals surface area contributed by atoms with E-state index in [0.717, 1.165) is 0 Å². The SMILES string of the molecule is CC1OC(F)C(O)C(O)C1O. The summed E-state index contributed by atoms with van der Waals surface area (Å²) in [5, 5.41) is 26.8. The van der Waals surface area contributed by atoms with Gasteiger partial charge in [-0.2, -0.15) is 0 Å². The molecule has 4 nitrogen and oxygen atoms in total. The van der Waals surface area contributed by atoms with Crippen molar-refractivity contribution in [2.75, 3.05) is 0 Å². The number of halogens is 1. The lowest BCUT2D eigenvalue weighted by Gasteiger charge is -2.35.